The van der Waals surface area contributed by atoms with Crippen molar-refractivity contribution in [2.45, 2.75) is 6.92 Å². The minimum absolute atomic E-state index is 0.282. The van der Waals surface area contributed by atoms with Crippen LogP contribution in [-0.4, -0.2) is 11.1 Å². The molecule has 1 rings (SSSR count). The summed E-state index contributed by atoms with van der Waals surface area (Å²) in [6, 6.07) is 0.697. The molecular formula is C8H5ClF2O2. The molecule has 0 fully saturated rings. The highest BCUT2D eigenvalue weighted by Crippen LogP contribution is 2.25. The van der Waals surface area contributed by atoms with Gasteiger partial charge in [-0.15, -0.1) is 0 Å². The molecule has 0 aromatic heterocycles. The first kappa shape index (κ1) is 9.92. The van der Waals surface area contributed by atoms with Gasteiger partial charge in [0.25, 0.3) is 0 Å². The summed E-state index contributed by atoms with van der Waals surface area (Å²) in [6.07, 6.45) is 0. The van der Waals surface area contributed by atoms with Crippen LogP contribution in [0.5, 0.6) is 0 Å². The van der Waals surface area contributed by atoms with E-state index in [0.29, 0.717) is 6.07 Å². The van der Waals surface area contributed by atoms with Crippen molar-refractivity contribution < 1.29 is 18.7 Å². The number of carboxylic acid groups (broad SMARTS) is 1. The van der Waals surface area contributed by atoms with Crippen molar-refractivity contribution in [3.63, 3.8) is 0 Å². The van der Waals surface area contributed by atoms with Crippen LogP contribution in [0.3, 0.4) is 0 Å². The molecular weight excluding hydrogens is 202 g/mol. The molecule has 1 aromatic rings. The predicted molar refractivity (Wildman–Crippen MR) is 43.1 cm³/mol. The Labute approximate surface area is 77.8 Å². The molecule has 1 N–H and O–H groups in total. The molecule has 0 atom stereocenters. The monoisotopic (exact) mass is 206 g/mol. The molecule has 0 radical (unpaired) electrons. The van der Waals surface area contributed by atoms with Gasteiger partial charge in [-0.1, -0.05) is 11.6 Å². The highest BCUT2D eigenvalue weighted by atomic mass is 35.5. The van der Waals surface area contributed by atoms with Crippen LogP contribution in [0.1, 0.15) is 15.9 Å². The van der Waals surface area contributed by atoms with Crippen molar-refractivity contribution in [2.75, 3.05) is 0 Å². The van der Waals surface area contributed by atoms with Crippen molar-refractivity contribution in [2.24, 2.45) is 0 Å². The molecule has 0 bridgehead atoms. The zero-order valence-electron chi connectivity index (χ0n) is 6.57. The predicted octanol–water partition coefficient (Wildman–Crippen LogP) is 2.62. The van der Waals surface area contributed by atoms with E-state index in [4.69, 9.17) is 16.7 Å². The van der Waals surface area contributed by atoms with Gasteiger partial charge in [0.1, 0.15) is 11.6 Å². The van der Waals surface area contributed by atoms with Gasteiger partial charge in [0.2, 0.25) is 0 Å². The molecule has 0 aliphatic heterocycles. The molecule has 0 saturated carbocycles. The number of hydrogen-bond donors (Lipinski definition) is 1. The molecule has 0 unspecified atom stereocenters. The maximum Gasteiger partial charge on any atom is 0.337 e. The normalized spacial score (nSPS) is 10.2. The van der Waals surface area contributed by atoms with Crippen molar-refractivity contribution >= 4 is 17.6 Å². The summed E-state index contributed by atoms with van der Waals surface area (Å²) in [5.74, 6) is -3.40. The molecule has 5 heteroatoms. The minimum Gasteiger partial charge on any atom is -0.478 e. The largest absolute Gasteiger partial charge is 0.478 e. The van der Waals surface area contributed by atoms with Gasteiger partial charge in [0, 0.05) is 5.56 Å². The standard InChI is InChI=1S/C8H5ClF2O2/c1-3-5(10)2-4(8(12)13)6(9)7(3)11/h2H,1H3,(H,12,13). The van der Waals surface area contributed by atoms with Gasteiger partial charge in [0.05, 0.1) is 10.6 Å². The fraction of sp³-hybridized carbons (Fsp3) is 0.125. The fourth-order valence-corrected chi connectivity index (χ4v) is 1.12. The summed E-state index contributed by atoms with van der Waals surface area (Å²) < 4.78 is 25.8. The van der Waals surface area contributed by atoms with Gasteiger partial charge in [-0.25, -0.2) is 13.6 Å². The van der Waals surface area contributed by atoms with E-state index >= 15 is 0 Å². The van der Waals surface area contributed by atoms with E-state index in [0.717, 1.165) is 0 Å². The molecule has 0 spiro atoms. The third kappa shape index (κ3) is 1.62. The lowest BCUT2D eigenvalue weighted by atomic mass is 10.1. The molecule has 1 aromatic carbocycles. The molecule has 0 aliphatic rings. The lowest BCUT2D eigenvalue weighted by Crippen LogP contribution is -2.02. The Kier molecular flexibility index (Phi) is 2.52. The number of aromatic carboxylic acids is 1. The summed E-state index contributed by atoms with van der Waals surface area (Å²) in [7, 11) is 0. The van der Waals surface area contributed by atoms with Crippen LogP contribution in [0.4, 0.5) is 8.78 Å². The number of hydrogen-bond acceptors (Lipinski definition) is 1. The summed E-state index contributed by atoms with van der Waals surface area (Å²) in [5, 5.41) is 7.92. The maximum absolute atomic E-state index is 13.0. The van der Waals surface area contributed by atoms with Gasteiger partial charge in [-0.3, -0.25) is 0 Å². The van der Waals surface area contributed by atoms with Crippen LogP contribution in [0.15, 0.2) is 6.07 Å². The quantitative estimate of drug-likeness (QED) is 0.718. The molecule has 70 valence electrons. The van der Waals surface area contributed by atoms with E-state index in [-0.39, 0.29) is 5.56 Å². The van der Waals surface area contributed by atoms with Gasteiger partial charge in [0.15, 0.2) is 0 Å². The van der Waals surface area contributed by atoms with Crippen LogP contribution in [0, 0.1) is 18.6 Å². The van der Waals surface area contributed by atoms with Gasteiger partial charge >= 0.3 is 5.97 Å². The van der Waals surface area contributed by atoms with Gasteiger partial charge in [-0.05, 0) is 13.0 Å². The van der Waals surface area contributed by atoms with E-state index in [1.54, 1.807) is 0 Å². The van der Waals surface area contributed by atoms with Gasteiger partial charge in [-0.2, -0.15) is 0 Å². The first-order valence-corrected chi connectivity index (χ1v) is 3.70. The van der Waals surface area contributed by atoms with Crippen molar-refractivity contribution in [1.82, 2.24) is 0 Å². The van der Waals surface area contributed by atoms with E-state index in [2.05, 4.69) is 0 Å². The summed E-state index contributed by atoms with van der Waals surface area (Å²) >= 11 is 5.34. The van der Waals surface area contributed by atoms with E-state index in [9.17, 15) is 13.6 Å². The topological polar surface area (TPSA) is 37.3 Å². The van der Waals surface area contributed by atoms with Crippen molar-refractivity contribution in [3.8, 4) is 0 Å². The van der Waals surface area contributed by atoms with Crippen LogP contribution >= 0.6 is 11.6 Å². The molecule has 0 amide bonds. The van der Waals surface area contributed by atoms with Crippen LogP contribution in [0.25, 0.3) is 0 Å². The lowest BCUT2D eigenvalue weighted by Gasteiger charge is -2.03. The second-order valence-electron chi connectivity index (χ2n) is 2.46. The first-order chi connectivity index (χ1) is 5.95. The van der Waals surface area contributed by atoms with Crippen LogP contribution < -0.4 is 0 Å². The summed E-state index contributed by atoms with van der Waals surface area (Å²) in [5.41, 5.74) is -0.850. The second-order valence-corrected chi connectivity index (χ2v) is 2.84. The fourth-order valence-electron chi connectivity index (χ4n) is 0.842. The Hall–Kier alpha value is -1.16. The van der Waals surface area contributed by atoms with Gasteiger partial charge < -0.3 is 5.11 Å². The number of halogens is 3. The Balaban J connectivity index is 3.50. The highest BCUT2D eigenvalue weighted by molar-refractivity contribution is 6.33. The molecule has 0 saturated heterocycles. The maximum atomic E-state index is 13.0. The molecule has 0 aliphatic carbocycles. The van der Waals surface area contributed by atoms with E-state index < -0.39 is 28.2 Å². The van der Waals surface area contributed by atoms with Crippen LogP contribution in [-0.2, 0) is 0 Å². The summed E-state index contributed by atoms with van der Waals surface area (Å²) in [4.78, 5) is 10.4. The lowest BCUT2D eigenvalue weighted by molar-refractivity contribution is 0.0696. The Bertz CT molecular complexity index is 377. The minimum atomic E-state index is -1.46. The smallest absolute Gasteiger partial charge is 0.337 e. The summed E-state index contributed by atoms with van der Waals surface area (Å²) in [6.45, 7) is 1.18. The molecule has 13 heavy (non-hydrogen) atoms. The number of carboxylic acids is 1. The average molecular weight is 207 g/mol. The Morgan fingerprint density at radius 3 is 2.54 bits per heavy atom. The zero-order chi connectivity index (χ0) is 10.2. The average Bonchev–Trinajstić information content (AvgIpc) is 2.07. The Morgan fingerprint density at radius 1 is 1.54 bits per heavy atom. The van der Waals surface area contributed by atoms with E-state index in [1.165, 1.54) is 6.92 Å². The van der Waals surface area contributed by atoms with E-state index in [1.807, 2.05) is 0 Å². The Morgan fingerprint density at radius 2 is 2.08 bits per heavy atom. The first-order valence-electron chi connectivity index (χ1n) is 3.32. The van der Waals surface area contributed by atoms with Crippen molar-refractivity contribution in [1.29, 1.82) is 0 Å². The third-order valence-corrected chi connectivity index (χ3v) is 1.99. The number of benzene rings is 1. The van der Waals surface area contributed by atoms with Crippen molar-refractivity contribution in [3.05, 3.63) is 33.9 Å². The number of rotatable bonds is 1. The highest BCUT2D eigenvalue weighted by Gasteiger charge is 2.18. The third-order valence-electron chi connectivity index (χ3n) is 1.62. The number of carbonyl (C=O) groups is 1. The SMILES string of the molecule is Cc1c(F)cc(C(=O)O)c(Cl)c1F. The zero-order valence-corrected chi connectivity index (χ0v) is 7.32. The van der Waals surface area contributed by atoms with Crippen LogP contribution in [0.2, 0.25) is 5.02 Å². The molecule has 2 nitrogen and oxygen atoms in total. The second kappa shape index (κ2) is 3.30. The molecule has 0 heterocycles.